The van der Waals surface area contributed by atoms with Gasteiger partial charge in [-0.05, 0) is 5.41 Å². The standard InChI is InChI=1S/C10H19NO2/c1-10(2,3)7-8(12)5-6-9(13)11-4/h5-7H2,1-4H3,(H,11,13). The molecule has 13 heavy (non-hydrogen) atoms. The van der Waals surface area contributed by atoms with Crippen LogP contribution in [0, 0.1) is 5.41 Å². The maximum Gasteiger partial charge on any atom is 0.220 e. The molecule has 0 bridgehead atoms. The van der Waals surface area contributed by atoms with Gasteiger partial charge in [0, 0.05) is 26.3 Å². The fourth-order valence-corrected chi connectivity index (χ4v) is 1.06. The molecule has 0 aliphatic rings. The molecule has 3 nitrogen and oxygen atoms in total. The second kappa shape index (κ2) is 5.00. The third kappa shape index (κ3) is 7.50. The molecule has 0 aromatic carbocycles. The van der Waals surface area contributed by atoms with Gasteiger partial charge in [-0.25, -0.2) is 0 Å². The molecular formula is C10H19NO2. The Labute approximate surface area is 79.9 Å². The van der Waals surface area contributed by atoms with Crippen LogP contribution >= 0.6 is 0 Å². The smallest absolute Gasteiger partial charge is 0.220 e. The molecule has 0 aliphatic heterocycles. The molecule has 0 spiro atoms. The molecule has 1 N–H and O–H groups in total. The zero-order valence-corrected chi connectivity index (χ0v) is 8.94. The minimum Gasteiger partial charge on any atom is -0.359 e. The normalized spacial score (nSPS) is 11.1. The lowest BCUT2D eigenvalue weighted by Crippen LogP contribution is -2.20. The van der Waals surface area contributed by atoms with Crippen LogP contribution < -0.4 is 5.32 Å². The molecule has 0 radical (unpaired) electrons. The Morgan fingerprint density at radius 3 is 2.08 bits per heavy atom. The maximum absolute atomic E-state index is 11.3. The predicted octanol–water partition coefficient (Wildman–Crippen LogP) is 1.52. The van der Waals surface area contributed by atoms with E-state index in [9.17, 15) is 9.59 Å². The first-order valence-corrected chi connectivity index (χ1v) is 4.57. The molecular weight excluding hydrogens is 166 g/mol. The number of carbonyl (C=O) groups is 2. The van der Waals surface area contributed by atoms with Crippen molar-refractivity contribution in [1.82, 2.24) is 5.32 Å². The Morgan fingerprint density at radius 1 is 1.15 bits per heavy atom. The van der Waals surface area contributed by atoms with Gasteiger partial charge < -0.3 is 5.32 Å². The van der Waals surface area contributed by atoms with Crippen molar-refractivity contribution in [3.05, 3.63) is 0 Å². The van der Waals surface area contributed by atoms with Gasteiger partial charge in [0.05, 0.1) is 0 Å². The van der Waals surface area contributed by atoms with Crippen LogP contribution in [0.2, 0.25) is 0 Å². The second-order valence-corrected chi connectivity index (χ2v) is 4.45. The molecule has 0 aromatic heterocycles. The van der Waals surface area contributed by atoms with E-state index in [4.69, 9.17) is 0 Å². The number of amides is 1. The number of Topliss-reactive ketones (excluding diaryl/α,β-unsaturated/α-hetero) is 1. The van der Waals surface area contributed by atoms with E-state index in [0.717, 1.165) is 0 Å². The van der Waals surface area contributed by atoms with Gasteiger partial charge >= 0.3 is 0 Å². The van der Waals surface area contributed by atoms with Crippen molar-refractivity contribution >= 4 is 11.7 Å². The van der Waals surface area contributed by atoms with Crippen LogP contribution in [0.3, 0.4) is 0 Å². The average molecular weight is 185 g/mol. The molecule has 0 atom stereocenters. The highest BCUT2D eigenvalue weighted by Gasteiger charge is 2.16. The molecule has 0 heterocycles. The first-order chi connectivity index (χ1) is 5.85. The number of rotatable bonds is 4. The second-order valence-electron chi connectivity index (χ2n) is 4.45. The highest BCUT2D eigenvalue weighted by atomic mass is 16.2. The lowest BCUT2D eigenvalue weighted by molar-refractivity contribution is -0.126. The highest BCUT2D eigenvalue weighted by Crippen LogP contribution is 2.19. The van der Waals surface area contributed by atoms with Gasteiger partial charge in [0.1, 0.15) is 5.78 Å². The Balaban J connectivity index is 3.71. The number of ketones is 1. The van der Waals surface area contributed by atoms with Crippen LogP contribution in [0.4, 0.5) is 0 Å². The molecule has 76 valence electrons. The molecule has 0 saturated carbocycles. The summed E-state index contributed by atoms with van der Waals surface area (Å²) in [6, 6.07) is 0. The monoisotopic (exact) mass is 185 g/mol. The van der Waals surface area contributed by atoms with Gasteiger partial charge in [-0.1, -0.05) is 20.8 Å². The molecule has 0 rings (SSSR count). The van der Waals surface area contributed by atoms with E-state index >= 15 is 0 Å². The average Bonchev–Trinajstić information content (AvgIpc) is 1.97. The third-order valence-corrected chi connectivity index (χ3v) is 1.64. The van der Waals surface area contributed by atoms with Crippen LogP contribution in [0.25, 0.3) is 0 Å². The van der Waals surface area contributed by atoms with E-state index in [1.165, 1.54) is 0 Å². The number of nitrogens with one attached hydrogen (secondary N) is 1. The summed E-state index contributed by atoms with van der Waals surface area (Å²) in [7, 11) is 1.58. The molecule has 0 aliphatic carbocycles. The van der Waals surface area contributed by atoms with E-state index < -0.39 is 0 Å². The predicted molar refractivity (Wildman–Crippen MR) is 52.4 cm³/mol. The summed E-state index contributed by atoms with van der Waals surface area (Å²) in [5.41, 5.74) is 0.0276. The summed E-state index contributed by atoms with van der Waals surface area (Å²) in [5.74, 6) is 0.0957. The minimum atomic E-state index is -0.0674. The largest absolute Gasteiger partial charge is 0.359 e. The van der Waals surface area contributed by atoms with Crippen LogP contribution in [-0.4, -0.2) is 18.7 Å². The summed E-state index contributed by atoms with van der Waals surface area (Å²) in [6.07, 6.45) is 1.21. The Morgan fingerprint density at radius 2 is 1.69 bits per heavy atom. The fourth-order valence-electron chi connectivity index (χ4n) is 1.06. The van der Waals surface area contributed by atoms with Crippen LogP contribution in [0.1, 0.15) is 40.0 Å². The summed E-state index contributed by atoms with van der Waals surface area (Å²) in [4.78, 5) is 22.1. The van der Waals surface area contributed by atoms with E-state index in [2.05, 4.69) is 5.32 Å². The molecule has 0 saturated heterocycles. The molecule has 0 unspecified atom stereocenters. The van der Waals surface area contributed by atoms with Crippen molar-refractivity contribution in [2.45, 2.75) is 40.0 Å². The van der Waals surface area contributed by atoms with Gasteiger partial charge in [0.15, 0.2) is 0 Å². The Hall–Kier alpha value is -0.860. The van der Waals surface area contributed by atoms with Crippen LogP contribution in [-0.2, 0) is 9.59 Å². The Kier molecular flexibility index (Phi) is 4.67. The van der Waals surface area contributed by atoms with Gasteiger partial charge in [0.25, 0.3) is 0 Å². The molecule has 1 amide bonds. The first-order valence-electron chi connectivity index (χ1n) is 4.57. The van der Waals surface area contributed by atoms with E-state index in [-0.39, 0.29) is 17.1 Å². The van der Waals surface area contributed by atoms with E-state index in [0.29, 0.717) is 19.3 Å². The zero-order chi connectivity index (χ0) is 10.5. The molecule has 3 heteroatoms. The molecule has 0 aromatic rings. The lowest BCUT2D eigenvalue weighted by atomic mass is 9.89. The SMILES string of the molecule is CNC(=O)CCC(=O)CC(C)(C)C. The molecule has 0 fully saturated rings. The summed E-state index contributed by atoms with van der Waals surface area (Å²) in [6.45, 7) is 6.06. The van der Waals surface area contributed by atoms with E-state index in [1.807, 2.05) is 20.8 Å². The zero-order valence-electron chi connectivity index (χ0n) is 8.94. The fraction of sp³-hybridized carbons (Fsp3) is 0.800. The van der Waals surface area contributed by atoms with Gasteiger partial charge in [-0.15, -0.1) is 0 Å². The number of hydrogen-bond acceptors (Lipinski definition) is 2. The van der Waals surface area contributed by atoms with Crippen LogP contribution in [0.15, 0.2) is 0 Å². The summed E-state index contributed by atoms with van der Waals surface area (Å²) >= 11 is 0. The number of carbonyl (C=O) groups excluding carboxylic acids is 2. The highest BCUT2D eigenvalue weighted by molar-refractivity contribution is 5.85. The first kappa shape index (κ1) is 12.1. The maximum atomic E-state index is 11.3. The van der Waals surface area contributed by atoms with Gasteiger partial charge in [-0.3, -0.25) is 9.59 Å². The topological polar surface area (TPSA) is 46.2 Å². The van der Waals surface area contributed by atoms with Gasteiger partial charge in [0.2, 0.25) is 5.91 Å². The quantitative estimate of drug-likeness (QED) is 0.721. The van der Waals surface area contributed by atoms with Gasteiger partial charge in [-0.2, -0.15) is 0 Å². The van der Waals surface area contributed by atoms with Crippen LogP contribution in [0.5, 0.6) is 0 Å². The summed E-state index contributed by atoms with van der Waals surface area (Å²) in [5, 5.41) is 2.49. The minimum absolute atomic E-state index is 0.0276. The Bertz CT molecular complexity index is 192. The van der Waals surface area contributed by atoms with Crippen molar-refractivity contribution in [3.63, 3.8) is 0 Å². The summed E-state index contributed by atoms with van der Waals surface area (Å²) < 4.78 is 0. The third-order valence-electron chi connectivity index (χ3n) is 1.64. The van der Waals surface area contributed by atoms with Crippen molar-refractivity contribution in [2.24, 2.45) is 5.41 Å². The van der Waals surface area contributed by atoms with E-state index in [1.54, 1.807) is 7.05 Å². The van der Waals surface area contributed by atoms with Crippen molar-refractivity contribution in [3.8, 4) is 0 Å². The number of hydrogen-bond donors (Lipinski definition) is 1. The van der Waals surface area contributed by atoms with Crippen molar-refractivity contribution in [2.75, 3.05) is 7.05 Å². The van der Waals surface area contributed by atoms with Crippen molar-refractivity contribution in [1.29, 1.82) is 0 Å². The van der Waals surface area contributed by atoms with Crippen molar-refractivity contribution < 1.29 is 9.59 Å². The lowest BCUT2D eigenvalue weighted by Gasteiger charge is -2.16.